The normalized spacial score (nSPS) is 10.4. The van der Waals surface area contributed by atoms with Gasteiger partial charge in [0.1, 0.15) is 5.69 Å². The first-order valence-corrected chi connectivity index (χ1v) is 5.20. The van der Waals surface area contributed by atoms with Crippen LogP contribution in [0.4, 0.5) is 0 Å². The first-order chi connectivity index (χ1) is 6.81. The molecule has 3 nitrogen and oxygen atoms in total. The summed E-state index contributed by atoms with van der Waals surface area (Å²) in [5.41, 5.74) is 7.47. The third kappa shape index (κ3) is 1.66. The number of nitrogens with two attached hydrogens (primary N) is 1. The van der Waals surface area contributed by atoms with Crippen molar-refractivity contribution in [2.75, 3.05) is 0 Å². The number of hydrogen-bond donors (Lipinski definition) is 1. The molecular formula is C10H11N3S. The van der Waals surface area contributed by atoms with Crippen LogP contribution < -0.4 is 5.73 Å². The van der Waals surface area contributed by atoms with E-state index in [-0.39, 0.29) is 0 Å². The van der Waals surface area contributed by atoms with E-state index < -0.39 is 0 Å². The van der Waals surface area contributed by atoms with E-state index in [0.717, 1.165) is 21.3 Å². The van der Waals surface area contributed by atoms with E-state index in [1.54, 1.807) is 17.5 Å². The van der Waals surface area contributed by atoms with Crippen LogP contribution in [0.25, 0.3) is 11.4 Å². The smallest absolute Gasteiger partial charge is 0.104 e. The zero-order valence-electron chi connectivity index (χ0n) is 7.90. The third-order valence-corrected chi connectivity index (χ3v) is 2.89. The summed E-state index contributed by atoms with van der Waals surface area (Å²) in [6, 6.07) is 5.80. The fourth-order valence-electron chi connectivity index (χ4n) is 1.31. The molecule has 0 aromatic carbocycles. The van der Waals surface area contributed by atoms with Crippen LogP contribution in [-0.4, -0.2) is 9.97 Å². The van der Waals surface area contributed by atoms with Gasteiger partial charge in [0.15, 0.2) is 0 Å². The largest absolute Gasteiger partial charge is 0.326 e. The molecule has 4 heteroatoms. The first-order valence-electron chi connectivity index (χ1n) is 4.39. The van der Waals surface area contributed by atoms with Crippen LogP contribution >= 0.6 is 11.3 Å². The van der Waals surface area contributed by atoms with Gasteiger partial charge in [-0.3, -0.25) is 4.98 Å². The van der Waals surface area contributed by atoms with Gasteiger partial charge in [-0.15, -0.1) is 11.3 Å². The van der Waals surface area contributed by atoms with Crippen LogP contribution in [0.15, 0.2) is 24.4 Å². The summed E-state index contributed by atoms with van der Waals surface area (Å²) < 4.78 is 0. The fourth-order valence-corrected chi connectivity index (χ4v) is 2.13. The molecule has 0 saturated heterocycles. The number of rotatable bonds is 2. The lowest BCUT2D eigenvalue weighted by molar-refractivity contribution is 1.09. The van der Waals surface area contributed by atoms with E-state index in [4.69, 9.17) is 5.73 Å². The summed E-state index contributed by atoms with van der Waals surface area (Å²) in [5.74, 6) is 0. The minimum absolute atomic E-state index is 0.525. The first kappa shape index (κ1) is 9.30. The van der Waals surface area contributed by atoms with Gasteiger partial charge in [-0.05, 0) is 19.1 Å². The van der Waals surface area contributed by atoms with Gasteiger partial charge in [-0.25, -0.2) is 4.98 Å². The molecule has 0 fully saturated rings. The van der Waals surface area contributed by atoms with E-state index in [9.17, 15) is 0 Å². The van der Waals surface area contributed by atoms with E-state index >= 15 is 0 Å². The highest BCUT2D eigenvalue weighted by Gasteiger charge is 2.09. The van der Waals surface area contributed by atoms with Crippen molar-refractivity contribution in [2.45, 2.75) is 13.5 Å². The van der Waals surface area contributed by atoms with Crippen LogP contribution in [0.5, 0.6) is 0 Å². The summed E-state index contributed by atoms with van der Waals surface area (Å²) >= 11 is 1.63. The van der Waals surface area contributed by atoms with Crippen molar-refractivity contribution in [3.8, 4) is 11.4 Å². The second kappa shape index (κ2) is 3.86. The molecular weight excluding hydrogens is 194 g/mol. The molecule has 2 aromatic heterocycles. The Hall–Kier alpha value is -1.26. The average Bonchev–Trinajstić information content (AvgIpc) is 2.61. The summed E-state index contributed by atoms with van der Waals surface area (Å²) in [4.78, 5) is 9.79. The number of nitrogens with zero attached hydrogens (tertiary/aromatic N) is 2. The molecule has 0 saturated carbocycles. The number of aromatic nitrogens is 2. The van der Waals surface area contributed by atoms with E-state index in [2.05, 4.69) is 9.97 Å². The Bertz CT molecular complexity index is 422. The van der Waals surface area contributed by atoms with E-state index in [0.29, 0.717) is 6.54 Å². The van der Waals surface area contributed by atoms with E-state index in [1.807, 2.05) is 25.1 Å². The van der Waals surface area contributed by atoms with Crippen molar-refractivity contribution in [3.63, 3.8) is 0 Å². The van der Waals surface area contributed by atoms with Crippen molar-refractivity contribution in [1.29, 1.82) is 0 Å². The Kier molecular flexibility index (Phi) is 2.56. The molecule has 0 amide bonds. The third-order valence-electron chi connectivity index (χ3n) is 1.90. The van der Waals surface area contributed by atoms with Gasteiger partial charge in [0.25, 0.3) is 0 Å². The second-order valence-corrected chi connectivity index (χ2v) is 4.21. The zero-order valence-corrected chi connectivity index (χ0v) is 8.71. The van der Waals surface area contributed by atoms with Gasteiger partial charge in [0.05, 0.1) is 10.7 Å². The zero-order chi connectivity index (χ0) is 9.97. The molecule has 2 N–H and O–H groups in total. The van der Waals surface area contributed by atoms with Crippen molar-refractivity contribution in [2.24, 2.45) is 5.73 Å². The molecule has 0 aliphatic carbocycles. The Balaban J connectivity index is 2.51. The minimum Gasteiger partial charge on any atom is -0.326 e. The maximum absolute atomic E-state index is 5.64. The fraction of sp³-hybridized carbons (Fsp3) is 0.200. The van der Waals surface area contributed by atoms with Gasteiger partial charge < -0.3 is 5.73 Å². The summed E-state index contributed by atoms with van der Waals surface area (Å²) in [7, 11) is 0. The van der Waals surface area contributed by atoms with Crippen molar-refractivity contribution >= 4 is 11.3 Å². The van der Waals surface area contributed by atoms with Crippen LogP contribution in [0.3, 0.4) is 0 Å². The molecule has 14 heavy (non-hydrogen) atoms. The van der Waals surface area contributed by atoms with Crippen molar-refractivity contribution in [3.05, 3.63) is 34.3 Å². The van der Waals surface area contributed by atoms with Gasteiger partial charge >= 0.3 is 0 Å². The lowest BCUT2D eigenvalue weighted by Gasteiger charge is -1.97. The molecule has 0 unspecified atom stereocenters. The van der Waals surface area contributed by atoms with Gasteiger partial charge in [0.2, 0.25) is 0 Å². The Morgan fingerprint density at radius 2 is 2.29 bits per heavy atom. The van der Waals surface area contributed by atoms with Crippen LogP contribution in [0.1, 0.15) is 9.88 Å². The van der Waals surface area contributed by atoms with Gasteiger partial charge in [-0.1, -0.05) is 6.07 Å². The predicted molar refractivity (Wildman–Crippen MR) is 58.0 cm³/mol. The van der Waals surface area contributed by atoms with Crippen molar-refractivity contribution < 1.29 is 0 Å². The highest BCUT2D eigenvalue weighted by Crippen LogP contribution is 2.25. The molecule has 0 bridgehead atoms. The summed E-state index contributed by atoms with van der Waals surface area (Å²) in [6.07, 6.45) is 1.77. The van der Waals surface area contributed by atoms with Crippen LogP contribution in [0.2, 0.25) is 0 Å². The highest BCUT2D eigenvalue weighted by atomic mass is 32.1. The monoisotopic (exact) mass is 205 g/mol. The molecule has 2 rings (SSSR count). The Labute approximate surface area is 86.6 Å². The maximum Gasteiger partial charge on any atom is 0.104 e. The molecule has 0 atom stereocenters. The number of hydrogen-bond acceptors (Lipinski definition) is 4. The standard InChI is InChI=1S/C10H11N3S/c1-7-13-10(9(6-11)14-7)8-4-2-3-5-12-8/h2-5H,6,11H2,1H3. The highest BCUT2D eigenvalue weighted by molar-refractivity contribution is 7.12. The molecule has 0 aliphatic rings. The number of pyridine rings is 1. The SMILES string of the molecule is Cc1nc(-c2ccccn2)c(CN)s1. The van der Waals surface area contributed by atoms with E-state index in [1.165, 1.54) is 0 Å². The lowest BCUT2D eigenvalue weighted by atomic mass is 10.2. The number of aryl methyl sites for hydroxylation is 1. The van der Waals surface area contributed by atoms with Crippen molar-refractivity contribution in [1.82, 2.24) is 9.97 Å². The predicted octanol–water partition coefficient (Wildman–Crippen LogP) is 1.97. The summed E-state index contributed by atoms with van der Waals surface area (Å²) in [6.45, 7) is 2.51. The molecule has 0 spiro atoms. The molecule has 0 aliphatic heterocycles. The number of thiazole rings is 1. The molecule has 72 valence electrons. The average molecular weight is 205 g/mol. The minimum atomic E-state index is 0.525. The Morgan fingerprint density at radius 3 is 2.93 bits per heavy atom. The van der Waals surface area contributed by atoms with Gasteiger partial charge in [0, 0.05) is 17.6 Å². The summed E-state index contributed by atoms with van der Waals surface area (Å²) in [5, 5.41) is 1.03. The lowest BCUT2D eigenvalue weighted by Crippen LogP contribution is -1.96. The molecule has 0 radical (unpaired) electrons. The quantitative estimate of drug-likeness (QED) is 0.815. The molecule has 2 aromatic rings. The topological polar surface area (TPSA) is 51.8 Å². The van der Waals surface area contributed by atoms with Crippen LogP contribution in [0, 0.1) is 6.92 Å². The molecule has 2 heterocycles. The maximum atomic E-state index is 5.64. The van der Waals surface area contributed by atoms with Crippen LogP contribution in [-0.2, 0) is 6.54 Å². The Morgan fingerprint density at radius 1 is 1.43 bits per heavy atom. The second-order valence-electron chi connectivity index (χ2n) is 2.92. The van der Waals surface area contributed by atoms with Gasteiger partial charge in [-0.2, -0.15) is 0 Å².